The highest BCUT2D eigenvalue weighted by Gasteiger charge is 2.27. The molecule has 0 saturated heterocycles. The van der Waals surface area contributed by atoms with E-state index in [9.17, 15) is 13.2 Å². The average Bonchev–Trinajstić information content (AvgIpc) is 2.04. The predicted molar refractivity (Wildman–Crippen MR) is 48.0 cm³/mol. The topological polar surface area (TPSA) is 0 Å². The Balaban J connectivity index is 2.42. The fourth-order valence-corrected chi connectivity index (χ4v) is 1.40. The van der Waals surface area contributed by atoms with E-state index in [0.717, 1.165) is 31.3 Å². The van der Waals surface area contributed by atoms with Gasteiger partial charge in [0, 0.05) is 11.8 Å². The van der Waals surface area contributed by atoms with E-state index in [4.69, 9.17) is 0 Å². The first-order valence-electron chi connectivity index (χ1n) is 4.03. The highest BCUT2D eigenvalue weighted by Crippen LogP contribution is 2.29. The summed E-state index contributed by atoms with van der Waals surface area (Å²) in [7, 11) is 0. The Morgan fingerprint density at radius 2 is 2.08 bits per heavy atom. The van der Waals surface area contributed by atoms with Gasteiger partial charge in [-0.2, -0.15) is 13.2 Å². The second-order valence-corrected chi connectivity index (χ2v) is 3.62. The molecule has 1 aliphatic carbocycles. The molecule has 0 aliphatic heterocycles. The average molecular weight is 206 g/mol. The minimum atomic E-state index is -4.23. The minimum absolute atomic E-state index is 0.275. The number of hydrogen-bond acceptors (Lipinski definition) is 1. The zero-order chi connectivity index (χ0) is 9.73. The van der Waals surface area contributed by atoms with E-state index in [1.165, 1.54) is 0 Å². The first kappa shape index (κ1) is 10.5. The monoisotopic (exact) mass is 206 g/mol. The van der Waals surface area contributed by atoms with Crippen molar-refractivity contribution < 1.29 is 13.2 Å². The summed E-state index contributed by atoms with van der Waals surface area (Å²) in [5.74, 6) is 2.53. The largest absolute Gasteiger partial charge is 0.453 e. The van der Waals surface area contributed by atoms with Gasteiger partial charge in [-0.15, -0.1) is 0 Å². The Labute approximate surface area is 79.6 Å². The maximum Gasteiger partial charge on any atom is 0.453 e. The van der Waals surface area contributed by atoms with Gasteiger partial charge in [0.05, 0.1) is 0 Å². The molecule has 13 heavy (non-hydrogen) atoms. The molecule has 1 rings (SSSR count). The molecule has 0 unspecified atom stereocenters. The SMILES string of the molecule is FC(F)(F)SC#CC1=CCCCC1. The fraction of sp³-hybridized carbons (Fsp3) is 0.556. The molecular formula is C9H9F3S. The maximum absolute atomic E-state index is 11.7. The van der Waals surface area contributed by atoms with Crippen molar-refractivity contribution in [3.63, 3.8) is 0 Å². The summed E-state index contributed by atoms with van der Waals surface area (Å²) in [6, 6.07) is 0. The highest BCUT2D eigenvalue weighted by molar-refractivity contribution is 8.04. The lowest BCUT2D eigenvalue weighted by molar-refractivity contribution is -0.0318. The lowest BCUT2D eigenvalue weighted by Gasteiger charge is -2.05. The molecule has 0 radical (unpaired) electrons. The van der Waals surface area contributed by atoms with Gasteiger partial charge in [-0.25, -0.2) is 0 Å². The fourth-order valence-electron chi connectivity index (χ4n) is 1.10. The van der Waals surface area contributed by atoms with E-state index < -0.39 is 5.51 Å². The lowest BCUT2D eigenvalue weighted by Crippen LogP contribution is -1.96. The number of rotatable bonds is 0. The van der Waals surface area contributed by atoms with Crippen molar-refractivity contribution in [2.75, 3.05) is 0 Å². The van der Waals surface area contributed by atoms with Crippen LogP contribution in [0.3, 0.4) is 0 Å². The number of allylic oxidation sites excluding steroid dienone is 2. The maximum atomic E-state index is 11.7. The predicted octanol–water partition coefficient (Wildman–Crippen LogP) is 3.70. The molecular weight excluding hydrogens is 197 g/mol. The first-order valence-corrected chi connectivity index (χ1v) is 4.84. The molecule has 0 aromatic rings. The van der Waals surface area contributed by atoms with Crippen molar-refractivity contribution in [2.24, 2.45) is 0 Å². The molecule has 72 valence electrons. The van der Waals surface area contributed by atoms with Crippen LogP contribution in [0.4, 0.5) is 13.2 Å². The number of halogens is 3. The van der Waals surface area contributed by atoms with E-state index in [0.29, 0.717) is 0 Å². The van der Waals surface area contributed by atoms with Crippen molar-refractivity contribution >= 4 is 11.8 Å². The second-order valence-electron chi connectivity index (χ2n) is 2.75. The lowest BCUT2D eigenvalue weighted by atomic mass is 10.0. The number of hydrogen-bond donors (Lipinski definition) is 0. The molecule has 0 N–H and O–H groups in total. The molecule has 0 bridgehead atoms. The summed E-state index contributed by atoms with van der Waals surface area (Å²) in [5.41, 5.74) is -3.38. The van der Waals surface area contributed by atoms with Gasteiger partial charge in [0.25, 0.3) is 0 Å². The van der Waals surface area contributed by atoms with Gasteiger partial charge in [0.1, 0.15) is 0 Å². The summed E-state index contributed by atoms with van der Waals surface area (Å²) in [6.45, 7) is 0. The van der Waals surface area contributed by atoms with Crippen LogP contribution in [-0.2, 0) is 0 Å². The second kappa shape index (κ2) is 4.61. The summed E-state index contributed by atoms with van der Waals surface area (Å²) >= 11 is -0.275. The molecule has 0 saturated carbocycles. The third kappa shape index (κ3) is 4.89. The van der Waals surface area contributed by atoms with Crippen LogP contribution in [0.15, 0.2) is 11.6 Å². The van der Waals surface area contributed by atoms with Crippen LogP contribution in [0.1, 0.15) is 25.7 Å². The third-order valence-corrected chi connectivity index (χ3v) is 2.10. The Bertz CT molecular complexity index is 254. The van der Waals surface area contributed by atoms with Crippen molar-refractivity contribution in [2.45, 2.75) is 31.2 Å². The Hall–Kier alpha value is -0.560. The van der Waals surface area contributed by atoms with Crippen LogP contribution in [0.5, 0.6) is 0 Å². The van der Waals surface area contributed by atoms with Gasteiger partial charge in [-0.3, -0.25) is 0 Å². The standard InChI is InChI=1S/C9H9F3S/c10-9(11,12)13-7-6-8-4-2-1-3-5-8/h4H,1-3,5H2. The van der Waals surface area contributed by atoms with Gasteiger partial charge in [-0.1, -0.05) is 12.0 Å². The first-order chi connectivity index (χ1) is 6.08. The molecule has 0 heterocycles. The summed E-state index contributed by atoms with van der Waals surface area (Å²) in [6.07, 6.45) is 5.86. The van der Waals surface area contributed by atoms with Crippen LogP contribution in [-0.4, -0.2) is 5.51 Å². The Morgan fingerprint density at radius 3 is 2.62 bits per heavy atom. The summed E-state index contributed by atoms with van der Waals surface area (Å²) in [5, 5.41) is 2.07. The molecule has 0 aromatic heterocycles. The van der Waals surface area contributed by atoms with Gasteiger partial charge in [0.15, 0.2) is 0 Å². The van der Waals surface area contributed by atoms with E-state index in [-0.39, 0.29) is 11.8 Å². The van der Waals surface area contributed by atoms with Crippen molar-refractivity contribution in [3.8, 4) is 11.2 Å². The number of alkyl halides is 3. The van der Waals surface area contributed by atoms with Crippen LogP contribution >= 0.6 is 11.8 Å². The number of thioether (sulfide) groups is 1. The molecule has 0 fully saturated rings. The Morgan fingerprint density at radius 1 is 1.31 bits per heavy atom. The normalized spacial score (nSPS) is 17.3. The van der Waals surface area contributed by atoms with Gasteiger partial charge in [0.2, 0.25) is 0 Å². The molecule has 4 heteroatoms. The Kier molecular flexibility index (Phi) is 3.73. The van der Waals surface area contributed by atoms with E-state index >= 15 is 0 Å². The van der Waals surface area contributed by atoms with Crippen LogP contribution < -0.4 is 0 Å². The smallest absolute Gasteiger partial charge is 0.160 e. The summed E-state index contributed by atoms with van der Waals surface area (Å²) in [4.78, 5) is 0. The van der Waals surface area contributed by atoms with Crippen LogP contribution in [0.2, 0.25) is 0 Å². The van der Waals surface area contributed by atoms with Crippen molar-refractivity contribution in [1.82, 2.24) is 0 Å². The highest BCUT2D eigenvalue weighted by atomic mass is 32.2. The molecule has 0 amide bonds. The van der Waals surface area contributed by atoms with Gasteiger partial charge >= 0.3 is 5.51 Å². The molecule has 0 spiro atoms. The third-order valence-electron chi connectivity index (χ3n) is 1.67. The van der Waals surface area contributed by atoms with Crippen LogP contribution in [0.25, 0.3) is 0 Å². The van der Waals surface area contributed by atoms with Gasteiger partial charge in [-0.05, 0) is 36.5 Å². The minimum Gasteiger partial charge on any atom is -0.160 e. The zero-order valence-electron chi connectivity index (χ0n) is 6.95. The zero-order valence-corrected chi connectivity index (χ0v) is 7.76. The van der Waals surface area contributed by atoms with Crippen molar-refractivity contribution in [3.05, 3.63) is 11.6 Å². The molecule has 1 aliphatic rings. The quantitative estimate of drug-likeness (QED) is 0.544. The molecule has 0 atom stereocenters. The van der Waals surface area contributed by atoms with Crippen molar-refractivity contribution in [1.29, 1.82) is 0 Å². The van der Waals surface area contributed by atoms with E-state index in [2.05, 4.69) is 11.2 Å². The van der Waals surface area contributed by atoms with Crippen LogP contribution in [0, 0.1) is 11.2 Å². The van der Waals surface area contributed by atoms with E-state index in [1.807, 2.05) is 6.08 Å². The van der Waals surface area contributed by atoms with E-state index in [1.54, 1.807) is 0 Å². The van der Waals surface area contributed by atoms with Gasteiger partial charge < -0.3 is 0 Å². The molecule has 0 nitrogen and oxygen atoms in total. The summed E-state index contributed by atoms with van der Waals surface area (Å²) < 4.78 is 35.0. The molecule has 0 aromatic carbocycles.